The van der Waals surface area contributed by atoms with Crippen LogP contribution in [0.25, 0.3) is 0 Å². The molecule has 0 saturated heterocycles. The van der Waals surface area contributed by atoms with Crippen LogP contribution in [-0.2, 0) is 4.79 Å². The molecule has 0 unspecified atom stereocenters. The van der Waals surface area contributed by atoms with E-state index < -0.39 is 0 Å². The summed E-state index contributed by atoms with van der Waals surface area (Å²) in [6, 6.07) is 8.16. The fourth-order valence-electron chi connectivity index (χ4n) is 1.73. The van der Waals surface area contributed by atoms with Gasteiger partial charge in [0, 0.05) is 35.4 Å². The minimum Gasteiger partial charge on any atom is -0.352 e. The van der Waals surface area contributed by atoms with E-state index in [0.29, 0.717) is 0 Å². The van der Waals surface area contributed by atoms with Gasteiger partial charge in [0.05, 0.1) is 5.69 Å². The van der Waals surface area contributed by atoms with Crippen molar-refractivity contribution in [2.45, 2.75) is 6.42 Å². The molecule has 1 aliphatic heterocycles. The van der Waals surface area contributed by atoms with Crippen LogP contribution in [0.3, 0.4) is 0 Å². The molecule has 2 rings (SSSR count). The summed E-state index contributed by atoms with van der Waals surface area (Å²) < 4.78 is 1.19. The molecule has 1 aliphatic rings. The van der Waals surface area contributed by atoms with E-state index >= 15 is 0 Å². The predicted octanol–water partition coefficient (Wildman–Crippen LogP) is 2.13. The number of para-hydroxylation sites is 1. The topological polar surface area (TPSA) is 32.3 Å². The highest BCUT2D eigenvalue weighted by Crippen LogP contribution is 2.25. The third-order valence-corrected chi connectivity index (χ3v) is 3.53. The van der Waals surface area contributed by atoms with Gasteiger partial charge in [-0.1, -0.05) is 12.1 Å². The zero-order valence-corrected chi connectivity index (χ0v) is 11.2. The Balaban J connectivity index is 2.28. The fourth-order valence-corrected chi connectivity index (χ4v) is 2.48. The molecule has 1 aromatic rings. The quantitative estimate of drug-likeness (QED) is 0.844. The Kier molecular flexibility index (Phi) is 3.48. The summed E-state index contributed by atoms with van der Waals surface area (Å²) in [5.74, 6) is -0.000890. The second-order valence-electron chi connectivity index (χ2n) is 3.69. The molecule has 0 fully saturated rings. The normalized spacial score (nSPS) is 15.4. The van der Waals surface area contributed by atoms with Gasteiger partial charge in [0.25, 0.3) is 0 Å². The zero-order chi connectivity index (χ0) is 11.5. The molecule has 84 valence electrons. The van der Waals surface area contributed by atoms with Gasteiger partial charge in [-0.15, -0.1) is 0 Å². The van der Waals surface area contributed by atoms with Crippen molar-refractivity contribution >= 4 is 34.2 Å². The maximum atomic E-state index is 11.3. The maximum absolute atomic E-state index is 11.3. The van der Waals surface area contributed by atoms with Gasteiger partial charge in [-0.2, -0.15) is 0 Å². The highest BCUT2D eigenvalue weighted by Gasteiger charge is 2.14. The summed E-state index contributed by atoms with van der Waals surface area (Å²) in [5, 5.41) is 2.79. The molecule has 3 nitrogen and oxygen atoms in total. The minimum absolute atomic E-state index is 0.000890. The first-order chi connectivity index (χ1) is 7.68. The summed E-state index contributed by atoms with van der Waals surface area (Å²) in [5.41, 5.74) is 2.21. The largest absolute Gasteiger partial charge is 0.352 e. The van der Waals surface area contributed by atoms with E-state index in [2.05, 4.69) is 44.9 Å². The van der Waals surface area contributed by atoms with E-state index in [1.807, 2.05) is 19.2 Å². The minimum atomic E-state index is -0.000890. The number of halogens is 1. The number of carbonyl (C=O) groups excluding carboxylic acids is 1. The van der Waals surface area contributed by atoms with Gasteiger partial charge in [-0.05, 0) is 34.7 Å². The van der Waals surface area contributed by atoms with Crippen molar-refractivity contribution in [2.24, 2.45) is 0 Å². The summed E-state index contributed by atoms with van der Waals surface area (Å²) >= 11 is 2.31. The van der Waals surface area contributed by atoms with Crippen LogP contribution in [0, 0.1) is 3.57 Å². The average molecular weight is 328 g/mol. The molecule has 0 saturated carbocycles. The number of nitrogens with zero attached hydrogens (tertiary/aromatic N) is 1. The number of hydrogen-bond acceptors (Lipinski definition) is 2. The highest BCUT2D eigenvalue weighted by molar-refractivity contribution is 14.1. The van der Waals surface area contributed by atoms with Gasteiger partial charge < -0.3 is 10.2 Å². The lowest BCUT2D eigenvalue weighted by molar-refractivity contribution is -0.116. The standard InChI is InChI=1S/C12H13IN2O/c1-15(9-6-7-14-12(16)8-9)11-5-3-2-4-10(11)13/h2-5,8H,6-7H2,1H3,(H,14,16). The van der Waals surface area contributed by atoms with Crippen LogP contribution in [0.2, 0.25) is 0 Å². The number of carbonyl (C=O) groups is 1. The van der Waals surface area contributed by atoms with E-state index in [-0.39, 0.29) is 5.91 Å². The number of nitrogens with one attached hydrogen (secondary N) is 1. The van der Waals surface area contributed by atoms with E-state index in [0.717, 1.165) is 24.4 Å². The van der Waals surface area contributed by atoms with Crippen molar-refractivity contribution in [1.82, 2.24) is 5.32 Å². The molecule has 16 heavy (non-hydrogen) atoms. The van der Waals surface area contributed by atoms with Crippen LogP contribution in [0.1, 0.15) is 6.42 Å². The highest BCUT2D eigenvalue weighted by atomic mass is 127. The number of amides is 1. The van der Waals surface area contributed by atoms with Crippen molar-refractivity contribution < 1.29 is 4.79 Å². The van der Waals surface area contributed by atoms with Crippen molar-refractivity contribution in [3.63, 3.8) is 0 Å². The SMILES string of the molecule is CN(C1=CC(=O)NCC1)c1ccccc1I. The molecule has 1 N–H and O–H groups in total. The molecular weight excluding hydrogens is 315 g/mol. The molecule has 4 heteroatoms. The Labute approximate surface area is 109 Å². The predicted molar refractivity (Wildman–Crippen MR) is 73.3 cm³/mol. The molecule has 0 spiro atoms. The number of anilines is 1. The van der Waals surface area contributed by atoms with Gasteiger partial charge in [-0.3, -0.25) is 4.79 Å². The number of benzene rings is 1. The molecule has 0 atom stereocenters. The Morgan fingerprint density at radius 1 is 1.38 bits per heavy atom. The lowest BCUT2D eigenvalue weighted by Gasteiger charge is -2.26. The Morgan fingerprint density at radius 3 is 2.81 bits per heavy atom. The monoisotopic (exact) mass is 328 g/mol. The van der Waals surface area contributed by atoms with Crippen molar-refractivity contribution in [3.8, 4) is 0 Å². The zero-order valence-electron chi connectivity index (χ0n) is 9.03. The van der Waals surface area contributed by atoms with Gasteiger partial charge in [0.1, 0.15) is 0 Å². The summed E-state index contributed by atoms with van der Waals surface area (Å²) in [6.07, 6.45) is 2.56. The number of hydrogen-bond donors (Lipinski definition) is 1. The number of rotatable bonds is 2. The molecule has 1 aromatic carbocycles. The van der Waals surface area contributed by atoms with E-state index in [1.54, 1.807) is 6.08 Å². The van der Waals surface area contributed by atoms with Crippen LogP contribution in [0.4, 0.5) is 5.69 Å². The molecule has 0 aliphatic carbocycles. The van der Waals surface area contributed by atoms with Gasteiger partial charge in [0.15, 0.2) is 0 Å². The third-order valence-electron chi connectivity index (χ3n) is 2.62. The second-order valence-corrected chi connectivity index (χ2v) is 4.85. The average Bonchev–Trinajstić information content (AvgIpc) is 2.29. The first-order valence-electron chi connectivity index (χ1n) is 5.15. The van der Waals surface area contributed by atoms with Crippen LogP contribution < -0.4 is 10.2 Å². The van der Waals surface area contributed by atoms with Crippen LogP contribution >= 0.6 is 22.6 Å². The van der Waals surface area contributed by atoms with Gasteiger partial charge in [-0.25, -0.2) is 0 Å². The second kappa shape index (κ2) is 4.86. The maximum Gasteiger partial charge on any atom is 0.245 e. The third kappa shape index (κ3) is 2.37. The van der Waals surface area contributed by atoms with E-state index in [9.17, 15) is 4.79 Å². The molecule has 0 aromatic heterocycles. The molecule has 1 heterocycles. The van der Waals surface area contributed by atoms with Crippen molar-refractivity contribution in [3.05, 3.63) is 39.6 Å². The van der Waals surface area contributed by atoms with E-state index in [4.69, 9.17) is 0 Å². The lowest BCUT2D eigenvalue weighted by atomic mass is 10.2. The van der Waals surface area contributed by atoms with Crippen LogP contribution in [0.5, 0.6) is 0 Å². The summed E-state index contributed by atoms with van der Waals surface area (Å²) in [7, 11) is 2.00. The molecule has 1 amide bonds. The molecule has 0 bridgehead atoms. The van der Waals surface area contributed by atoms with Gasteiger partial charge in [0.2, 0.25) is 5.91 Å². The molecular formula is C12H13IN2O. The van der Waals surface area contributed by atoms with Crippen LogP contribution in [0.15, 0.2) is 36.0 Å². The summed E-state index contributed by atoms with van der Waals surface area (Å²) in [4.78, 5) is 13.4. The first kappa shape index (κ1) is 11.4. The Morgan fingerprint density at radius 2 is 2.12 bits per heavy atom. The van der Waals surface area contributed by atoms with Crippen LogP contribution in [-0.4, -0.2) is 19.5 Å². The Hall–Kier alpha value is -1.04. The van der Waals surface area contributed by atoms with E-state index in [1.165, 1.54) is 3.57 Å². The van der Waals surface area contributed by atoms with Crippen molar-refractivity contribution in [2.75, 3.05) is 18.5 Å². The molecule has 0 radical (unpaired) electrons. The first-order valence-corrected chi connectivity index (χ1v) is 6.23. The smallest absolute Gasteiger partial charge is 0.245 e. The summed E-state index contributed by atoms with van der Waals surface area (Å²) in [6.45, 7) is 0.721. The van der Waals surface area contributed by atoms with Crippen molar-refractivity contribution in [1.29, 1.82) is 0 Å². The Bertz CT molecular complexity index is 442. The lowest BCUT2D eigenvalue weighted by Crippen LogP contribution is -2.32. The van der Waals surface area contributed by atoms with Gasteiger partial charge >= 0.3 is 0 Å². The fraction of sp³-hybridized carbons (Fsp3) is 0.250.